The zero-order chi connectivity index (χ0) is 30.4. The largest absolute Gasteiger partial charge is 0.493 e. The maximum Gasteiger partial charge on any atom is 0.239 e. The average molecular weight is 608 g/mol. The number of ether oxygens (including phenoxy) is 1. The Morgan fingerprint density at radius 3 is 2.47 bits per heavy atom. The Bertz CT molecular complexity index is 1370. The van der Waals surface area contributed by atoms with Crippen LogP contribution in [0.2, 0.25) is 5.02 Å². The van der Waals surface area contributed by atoms with E-state index in [2.05, 4.69) is 48.3 Å². The Hall–Kier alpha value is -2.97. The molecule has 0 spiro atoms. The maximum atomic E-state index is 14.5. The first-order chi connectivity index (χ1) is 20.8. The molecule has 0 aromatic heterocycles. The molecule has 2 N–H and O–H groups in total. The summed E-state index contributed by atoms with van der Waals surface area (Å²) in [5, 5.41) is 0.767. The average Bonchev–Trinajstić information content (AvgIpc) is 3.02. The fourth-order valence-corrected chi connectivity index (χ4v) is 6.79. The normalized spacial score (nSPS) is 21.9. The number of carbonyl (C=O) groups excluding carboxylic acids is 1. The smallest absolute Gasteiger partial charge is 0.239 e. The van der Waals surface area contributed by atoms with Crippen molar-refractivity contribution >= 4 is 17.5 Å². The Balaban J connectivity index is 1.11. The first-order valence-corrected chi connectivity index (χ1v) is 16.0. The van der Waals surface area contributed by atoms with Crippen molar-refractivity contribution in [2.75, 3.05) is 59.5 Å². The van der Waals surface area contributed by atoms with Gasteiger partial charge in [-0.1, -0.05) is 54.1 Å². The molecule has 2 aliphatic heterocycles. The highest BCUT2D eigenvalue weighted by molar-refractivity contribution is 6.30. The quantitative estimate of drug-likeness (QED) is 0.304. The van der Waals surface area contributed by atoms with Gasteiger partial charge in [0.25, 0.3) is 0 Å². The fourth-order valence-electron chi connectivity index (χ4n) is 6.60. The number of hydrogen-bond acceptors (Lipinski definition) is 4. The minimum atomic E-state index is -0.478. The van der Waals surface area contributed by atoms with Gasteiger partial charge >= 0.3 is 0 Å². The number of nitrogens with two attached hydrogens (primary N) is 1. The van der Waals surface area contributed by atoms with E-state index in [1.54, 1.807) is 6.07 Å². The van der Waals surface area contributed by atoms with E-state index >= 15 is 0 Å². The van der Waals surface area contributed by atoms with Gasteiger partial charge in [-0.3, -0.25) is 9.69 Å². The molecule has 230 valence electrons. The van der Waals surface area contributed by atoms with Gasteiger partial charge in [0.15, 0.2) is 0 Å². The van der Waals surface area contributed by atoms with Crippen molar-refractivity contribution in [2.24, 2.45) is 11.7 Å². The van der Waals surface area contributed by atoms with Crippen molar-refractivity contribution in [2.45, 2.75) is 38.8 Å². The lowest BCUT2D eigenvalue weighted by molar-refractivity contribution is -0.915. The van der Waals surface area contributed by atoms with E-state index in [-0.39, 0.29) is 17.6 Å². The molecular formula is C35H45ClFN4O2+. The van der Waals surface area contributed by atoms with Crippen molar-refractivity contribution in [1.29, 1.82) is 0 Å². The third-order valence-corrected chi connectivity index (χ3v) is 9.62. The van der Waals surface area contributed by atoms with Crippen LogP contribution in [0.15, 0.2) is 66.7 Å². The summed E-state index contributed by atoms with van der Waals surface area (Å²) >= 11 is 6.40. The van der Waals surface area contributed by atoms with Crippen LogP contribution in [0.1, 0.15) is 30.9 Å². The molecule has 0 unspecified atom stereocenters. The van der Waals surface area contributed by atoms with Crippen molar-refractivity contribution < 1.29 is 18.4 Å². The van der Waals surface area contributed by atoms with Crippen LogP contribution < -0.4 is 10.5 Å². The summed E-state index contributed by atoms with van der Waals surface area (Å²) in [6.07, 6.45) is 2.83. The number of likely N-dealkylation sites (tertiary alicyclic amines) is 1. The number of carbonyl (C=O) groups is 1. The van der Waals surface area contributed by atoms with Crippen molar-refractivity contribution in [3.05, 3.63) is 88.7 Å². The van der Waals surface area contributed by atoms with Crippen LogP contribution >= 0.6 is 11.6 Å². The van der Waals surface area contributed by atoms with Gasteiger partial charge in [0.2, 0.25) is 5.91 Å². The van der Waals surface area contributed by atoms with Crippen LogP contribution in [0.4, 0.5) is 4.39 Å². The molecule has 3 aromatic rings. The predicted octanol–water partition coefficient (Wildman–Crippen LogP) is 5.62. The molecule has 43 heavy (non-hydrogen) atoms. The monoisotopic (exact) mass is 607 g/mol. The van der Waals surface area contributed by atoms with Crippen LogP contribution in [-0.2, 0) is 17.8 Å². The summed E-state index contributed by atoms with van der Waals surface area (Å²) < 4.78 is 21.2. The van der Waals surface area contributed by atoms with E-state index in [4.69, 9.17) is 22.1 Å². The molecule has 2 heterocycles. The standard InChI is InChI=1S/C35H45ClFN4O2/c1-3-43-33-11-7-10-32(37)31(33)25-39-17-19-40(20-18-39)35(42)34(38)27-14-21-41(2,22-15-27)23-16-28-24-29(36)12-13-30(28)26-8-5-4-6-9-26/h4-13,24,27,34H,3,14-23,25,38H2,1-2H3/q+1/t27?,34-,41?/m1/s1. The number of piperidine rings is 1. The molecule has 0 saturated carbocycles. The predicted molar refractivity (Wildman–Crippen MR) is 172 cm³/mol. The number of piperazine rings is 1. The molecule has 0 aliphatic carbocycles. The molecule has 0 bridgehead atoms. The van der Waals surface area contributed by atoms with Gasteiger partial charge in [-0.25, -0.2) is 4.39 Å². The van der Waals surface area contributed by atoms with Gasteiger partial charge in [-0.05, 0) is 53.8 Å². The van der Waals surface area contributed by atoms with Crippen molar-refractivity contribution in [3.8, 4) is 16.9 Å². The van der Waals surface area contributed by atoms with Crippen LogP contribution in [0.3, 0.4) is 0 Å². The summed E-state index contributed by atoms with van der Waals surface area (Å²) in [4.78, 5) is 17.5. The highest BCUT2D eigenvalue weighted by Crippen LogP contribution is 2.30. The molecule has 0 radical (unpaired) electrons. The third kappa shape index (κ3) is 7.76. The van der Waals surface area contributed by atoms with E-state index in [9.17, 15) is 9.18 Å². The van der Waals surface area contributed by atoms with Crippen LogP contribution in [0.5, 0.6) is 5.75 Å². The minimum Gasteiger partial charge on any atom is -0.493 e. The Labute approximate surface area is 260 Å². The Morgan fingerprint density at radius 1 is 1.05 bits per heavy atom. The van der Waals surface area contributed by atoms with Gasteiger partial charge in [0, 0.05) is 62.6 Å². The molecule has 1 amide bonds. The third-order valence-electron chi connectivity index (χ3n) is 9.39. The van der Waals surface area contributed by atoms with E-state index < -0.39 is 6.04 Å². The molecule has 2 fully saturated rings. The SMILES string of the molecule is CCOc1cccc(F)c1CN1CCN(C(=O)[C@H](N)C2CC[N+](C)(CCc3cc(Cl)ccc3-c3ccccc3)CC2)CC1. The second-order valence-electron chi connectivity index (χ2n) is 12.3. The summed E-state index contributed by atoms with van der Waals surface area (Å²) in [5.41, 5.74) is 10.9. The van der Waals surface area contributed by atoms with Crippen molar-refractivity contribution in [1.82, 2.24) is 9.80 Å². The number of amides is 1. The van der Waals surface area contributed by atoms with E-state index in [0.717, 1.165) is 48.4 Å². The number of halogens is 2. The topological polar surface area (TPSA) is 58.8 Å². The van der Waals surface area contributed by atoms with Crippen LogP contribution in [-0.4, -0.2) is 85.7 Å². The highest BCUT2D eigenvalue weighted by Gasteiger charge is 2.37. The maximum absolute atomic E-state index is 14.5. The second-order valence-corrected chi connectivity index (χ2v) is 12.8. The number of nitrogens with zero attached hydrogens (tertiary/aromatic N) is 3. The minimum absolute atomic E-state index is 0.0491. The zero-order valence-electron chi connectivity index (χ0n) is 25.5. The molecule has 2 aliphatic rings. The van der Waals surface area contributed by atoms with Gasteiger partial charge in [0.1, 0.15) is 11.6 Å². The molecule has 1 atom stereocenters. The summed E-state index contributed by atoms with van der Waals surface area (Å²) in [7, 11) is 2.32. The molecule has 6 nitrogen and oxygen atoms in total. The molecule has 8 heteroatoms. The Morgan fingerprint density at radius 2 is 1.77 bits per heavy atom. The zero-order valence-corrected chi connectivity index (χ0v) is 26.2. The van der Waals surface area contributed by atoms with Crippen molar-refractivity contribution in [3.63, 3.8) is 0 Å². The molecular weight excluding hydrogens is 563 g/mol. The van der Waals surface area contributed by atoms with Crippen LogP contribution in [0.25, 0.3) is 11.1 Å². The number of hydrogen-bond donors (Lipinski definition) is 1. The summed E-state index contributed by atoms with van der Waals surface area (Å²) in [6, 6.07) is 21.2. The summed E-state index contributed by atoms with van der Waals surface area (Å²) in [6.45, 7) is 8.48. The second kappa shape index (κ2) is 14.2. The van der Waals surface area contributed by atoms with E-state index in [1.165, 1.54) is 22.8 Å². The lowest BCUT2D eigenvalue weighted by atomic mass is 9.87. The molecule has 5 rings (SSSR count). The molecule has 3 aromatic carbocycles. The number of rotatable bonds is 10. The van der Waals surface area contributed by atoms with E-state index in [1.807, 2.05) is 30.0 Å². The lowest BCUT2D eigenvalue weighted by Crippen LogP contribution is -2.58. The number of quaternary nitrogens is 1. The highest BCUT2D eigenvalue weighted by atomic mass is 35.5. The van der Waals surface area contributed by atoms with Crippen LogP contribution in [0, 0.1) is 11.7 Å². The number of likely N-dealkylation sites (N-methyl/N-ethyl adjacent to an activating group) is 1. The first kappa shape index (κ1) is 31.5. The van der Waals surface area contributed by atoms with E-state index in [0.29, 0.717) is 50.6 Å². The summed E-state index contributed by atoms with van der Waals surface area (Å²) in [5.74, 6) is 0.580. The van der Waals surface area contributed by atoms with Gasteiger partial charge in [0.05, 0.1) is 39.3 Å². The van der Waals surface area contributed by atoms with Gasteiger partial charge in [-0.15, -0.1) is 0 Å². The first-order valence-electron chi connectivity index (χ1n) is 15.6. The lowest BCUT2D eigenvalue weighted by Gasteiger charge is -2.43. The fraction of sp³-hybridized carbons (Fsp3) is 0.457. The Kier molecular flexibility index (Phi) is 10.4. The van der Waals surface area contributed by atoms with Gasteiger partial charge in [-0.2, -0.15) is 0 Å². The van der Waals surface area contributed by atoms with Gasteiger partial charge < -0.3 is 19.9 Å². The number of benzene rings is 3. The molecule has 2 saturated heterocycles.